The number of hydrogen-bond donors (Lipinski definition) is 1. The third kappa shape index (κ3) is 3.89. The monoisotopic (exact) mass is 433 g/mol. The van der Waals surface area contributed by atoms with E-state index >= 15 is 0 Å². The van der Waals surface area contributed by atoms with Crippen molar-refractivity contribution in [3.63, 3.8) is 0 Å². The molecule has 32 heavy (non-hydrogen) atoms. The maximum Gasteiger partial charge on any atom is 0.248 e. The molecule has 1 aromatic heterocycles. The molecule has 5 rings (SSSR count). The molecule has 0 spiro atoms. The lowest BCUT2D eigenvalue weighted by atomic mass is 9.81. The summed E-state index contributed by atoms with van der Waals surface area (Å²) in [5, 5.41) is 1.30. The third-order valence-corrected chi connectivity index (χ3v) is 7.26. The van der Waals surface area contributed by atoms with Crippen molar-refractivity contribution in [1.29, 1.82) is 0 Å². The summed E-state index contributed by atoms with van der Waals surface area (Å²) in [7, 11) is 3.29. The number of aromatic nitrogens is 1. The fourth-order valence-corrected chi connectivity index (χ4v) is 5.68. The Labute approximate surface area is 189 Å². The van der Waals surface area contributed by atoms with Crippen LogP contribution in [0.15, 0.2) is 54.7 Å². The van der Waals surface area contributed by atoms with Crippen LogP contribution in [0.5, 0.6) is 5.75 Å². The fourth-order valence-electron chi connectivity index (χ4n) is 5.68. The lowest BCUT2D eigenvalue weighted by Crippen LogP contribution is -2.49. The summed E-state index contributed by atoms with van der Waals surface area (Å²) in [6.45, 7) is 3.66. The Balaban J connectivity index is 1.43. The number of H-pyrrole nitrogens is 1. The number of amides is 1. The molecule has 3 aromatic rings. The molecule has 6 heteroatoms. The van der Waals surface area contributed by atoms with Crippen LogP contribution >= 0.6 is 0 Å². The molecule has 0 radical (unpaired) electrons. The number of benzene rings is 2. The van der Waals surface area contributed by atoms with E-state index in [9.17, 15) is 4.79 Å². The van der Waals surface area contributed by atoms with Gasteiger partial charge in [-0.3, -0.25) is 9.69 Å². The van der Waals surface area contributed by atoms with Crippen molar-refractivity contribution in [3.05, 3.63) is 65.9 Å². The zero-order chi connectivity index (χ0) is 22.1. The molecule has 2 aliphatic rings. The van der Waals surface area contributed by atoms with E-state index in [4.69, 9.17) is 9.47 Å². The minimum atomic E-state index is 0.0926. The first-order chi connectivity index (χ1) is 15.7. The molecule has 0 bridgehead atoms. The summed E-state index contributed by atoms with van der Waals surface area (Å²) >= 11 is 0. The number of carbonyl (C=O) groups is 1. The van der Waals surface area contributed by atoms with Crippen molar-refractivity contribution in [1.82, 2.24) is 14.8 Å². The van der Waals surface area contributed by atoms with E-state index in [1.807, 2.05) is 23.2 Å². The molecular formula is C26H31N3O3. The average Bonchev–Trinajstić information content (AvgIpc) is 3.45. The standard InChI is InChI=1S/C26H31N3O3/c1-31-17-26(30)28-13-11-25-23(16-28)22(18-6-8-20(32-2)9-7-18)15-29(25)14-19-4-3-5-24-21(19)10-12-27-24/h3-10,12,22-23,25,27H,11,13-17H2,1-2H3/t22-,23-,25-/m1/s1. The molecular weight excluding hydrogens is 402 g/mol. The van der Waals surface area contributed by atoms with Crippen LogP contribution in [0.3, 0.4) is 0 Å². The zero-order valence-electron chi connectivity index (χ0n) is 18.8. The predicted octanol–water partition coefficient (Wildman–Crippen LogP) is 3.64. The highest BCUT2D eigenvalue weighted by atomic mass is 16.5. The van der Waals surface area contributed by atoms with Crippen molar-refractivity contribution in [3.8, 4) is 5.75 Å². The lowest BCUT2D eigenvalue weighted by Gasteiger charge is -2.39. The molecule has 1 amide bonds. The van der Waals surface area contributed by atoms with Crippen LogP contribution < -0.4 is 4.74 Å². The number of ether oxygens (including phenoxy) is 2. The summed E-state index contributed by atoms with van der Waals surface area (Å²) < 4.78 is 10.5. The maximum absolute atomic E-state index is 12.6. The Morgan fingerprint density at radius 1 is 1.09 bits per heavy atom. The second kappa shape index (κ2) is 8.96. The molecule has 3 heterocycles. The second-order valence-corrected chi connectivity index (χ2v) is 8.96. The van der Waals surface area contributed by atoms with E-state index in [1.165, 1.54) is 22.0 Å². The summed E-state index contributed by atoms with van der Waals surface area (Å²) in [5.41, 5.74) is 3.87. The van der Waals surface area contributed by atoms with E-state index in [2.05, 4.69) is 46.3 Å². The second-order valence-electron chi connectivity index (χ2n) is 8.96. The molecule has 0 unspecified atom stereocenters. The van der Waals surface area contributed by atoms with Crippen LogP contribution in [0, 0.1) is 5.92 Å². The van der Waals surface area contributed by atoms with Gasteiger partial charge in [-0.1, -0.05) is 24.3 Å². The molecule has 1 N–H and O–H groups in total. The predicted molar refractivity (Wildman–Crippen MR) is 125 cm³/mol. The van der Waals surface area contributed by atoms with Gasteiger partial charge in [0, 0.05) is 68.3 Å². The lowest BCUT2D eigenvalue weighted by molar-refractivity contribution is -0.137. The molecule has 3 atom stereocenters. The van der Waals surface area contributed by atoms with Gasteiger partial charge in [-0.05, 0) is 41.8 Å². The largest absolute Gasteiger partial charge is 0.497 e. The number of nitrogens with one attached hydrogen (secondary N) is 1. The number of piperidine rings is 1. The zero-order valence-corrected chi connectivity index (χ0v) is 18.8. The van der Waals surface area contributed by atoms with Gasteiger partial charge in [0.15, 0.2) is 0 Å². The average molecular weight is 434 g/mol. The van der Waals surface area contributed by atoms with Crippen LogP contribution in [0.2, 0.25) is 0 Å². The minimum absolute atomic E-state index is 0.0926. The Morgan fingerprint density at radius 2 is 1.94 bits per heavy atom. The number of methoxy groups -OCH3 is 2. The number of rotatable bonds is 6. The van der Waals surface area contributed by atoms with Gasteiger partial charge in [0.05, 0.1) is 7.11 Å². The molecule has 2 aliphatic heterocycles. The van der Waals surface area contributed by atoms with Gasteiger partial charge in [-0.15, -0.1) is 0 Å². The molecule has 0 saturated carbocycles. The summed E-state index contributed by atoms with van der Waals surface area (Å²) in [4.78, 5) is 20.5. The summed E-state index contributed by atoms with van der Waals surface area (Å²) in [6.07, 6.45) is 3.01. The van der Waals surface area contributed by atoms with Gasteiger partial charge in [-0.2, -0.15) is 0 Å². The van der Waals surface area contributed by atoms with Crippen LogP contribution in [0.25, 0.3) is 10.9 Å². The number of aromatic amines is 1. The first kappa shape index (κ1) is 21.0. The van der Waals surface area contributed by atoms with E-state index < -0.39 is 0 Å². The van der Waals surface area contributed by atoms with Gasteiger partial charge in [0.1, 0.15) is 12.4 Å². The fraction of sp³-hybridized carbons (Fsp3) is 0.423. The topological polar surface area (TPSA) is 57.8 Å². The van der Waals surface area contributed by atoms with Gasteiger partial charge in [-0.25, -0.2) is 0 Å². The quantitative estimate of drug-likeness (QED) is 0.645. The first-order valence-corrected chi connectivity index (χ1v) is 11.4. The minimum Gasteiger partial charge on any atom is -0.497 e. The number of carbonyl (C=O) groups excluding carboxylic acids is 1. The molecule has 2 aromatic carbocycles. The smallest absolute Gasteiger partial charge is 0.248 e. The first-order valence-electron chi connectivity index (χ1n) is 11.4. The third-order valence-electron chi connectivity index (χ3n) is 7.26. The highest BCUT2D eigenvalue weighted by Crippen LogP contribution is 2.42. The highest BCUT2D eigenvalue weighted by molar-refractivity contribution is 5.82. The number of hydrogen-bond acceptors (Lipinski definition) is 4. The molecule has 168 valence electrons. The molecule has 6 nitrogen and oxygen atoms in total. The summed E-state index contributed by atoms with van der Waals surface area (Å²) in [5.74, 6) is 1.76. The van der Waals surface area contributed by atoms with Gasteiger partial charge >= 0.3 is 0 Å². The van der Waals surface area contributed by atoms with E-state index in [1.54, 1.807) is 14.2 Å². The van der Waals surface area contributed by atoms with Gasteiger partial charge < -0.3 is 19.4 Å². The maximum atomic E-state index is 12.6. The van der Waals surface area contributed by atoms with E-state index in [0.29, 0.717) is 17.9 Å². The Morgan fingerprint density at radius 3 is 2.72 bits per heavy atom. The number of fused-ring (bicyclic) bond motifs is 2. The number of likely N-dealkylation sites (tertiary alicyclic amines) is 2. The molecule has 2 fully saturated rings. The summed E-state index contributed by atoms with van der Waals surface area (Å²) in [6, 6.07) is 17.6. The van der Waals surface area contributed by atoms with Gasteiger partial charge in [0.25, 0.3) is 0 Å². The molecule has 0 aliphatic carbocycles. The van der Waals surface area contributed by atoms with Gasteiger partial charge in [0.2, 0.25) is 5.91 Å². The van der Waals surface area contributed by atoms with Crippen LogP contribution in [0.4, 0.5) is 0 Å². The van der Waals surface area contributed by atoms with E-state index in [0.717, 1.165) is 38.3 Å². The number of nitrogens with zero attached hydrogens (tertiary/aromatic N) is 2. The van der Waals surface area contributed by atoms with E-state index in [-0.39, 0.29) is 12.5 Å². The molecule has 2 saturated heterocycles. The van der Waals surface area contributed by atoms with Crippen molar-refractivity contribution in [2.45, 2.75) is 24.9 Å². The SMILES string of the molecule is COCC(=O)N1CC[C@@H]2[C@H](C1)[C@@H](c1ccc(OC)cc1)CN2Cc1cccc2[nH]ccc12. The van der Waals surface area contributed by atoms with Crippen molar-refractivity contribution in [2.75, 3.05) is 40.5 Å². The Hall–Kier alpha value is -2.83. The van der Waals surface area contributed by atoms with Crippen molar-refractivity contribution >= 4 is 16.8 Å². The normalized spacial score (nSPS) is 23.4. The Kier molecular flexibility index (Phi) is 5.89. The Bertz CT molecular complexity index is 1080. The van der Waals surface area contributed by atoms with Crippen LogP contribution in [-0.4, -0.2) is 67.2 Å². The van der Waals surface area contributed by atoms with Crippen molar-refractivity contribution in [2.24, 2.45) is 5.92 Å². The highest BCUT2D eigenvalue weighted by Gasteiger charge is 2.45. The van der Waals surface area contributed by atoms with Crippen molar-refractivity contribution < 1.29 is 14.3 Å². The van der Waals surface area contributed by atoms with Crippen LogP contribution in [0.1, 0.15) is 23.5 Å². The van der Waals surface area contributed by atoms with Crippen LogP contribution in [-0.2, 0) is 16.1 Å².